The van der Waals surface area contributed by atoms with Crippen molar-refractivity contribution in [2.45, 2.75) is 10.4 Å². The van der Waals surface area contributed by atoms with E-state index in [4.69, 9.17) is 4.74 Å². The summed E-state index contributed by atoms with van der Waals surface area (Å²) in [7, 11) is 1.61. The molecule has 0 saturated heterocycles. The second kappa shape index (κ2) is 8.30. The summed E-state index contributed by atoms with van der Waals surface area (Å²) in [6, 6.07) is 18.6. The van der Waals surface area contributed by atoms with Gasteiger partial charge in [-0.25, -0.2) is 9.97 Å². The largest absolute Gasteiger partial charge is 0.497 e. The zero-order valence-electron chi connectivity index (χ0n) is 13.6. The zero-order chi connectivity index (χ0) is 17.5. The molecule has 0 aliphatic heterocycles. The van der Waals surface area contributed by atoms with E-state index in [9.17, 15) is 4.79 Å². The first-order chi connectivity index (χ1) is 12.3. The molecule has 0 spiro atoms. The standard InChI is InChI=1S/C19H17N3O2S/c1-24-16-10-8-15(9-11-16)22-18(23)17(14-6-3-2-4-7-14)25-19-20-12-5-13-21-19/h2-13,17H,1H3,(H,22,23). The number of hydrogen-bond acceptors (Lipinski definition) is 5. The summed E-state index contributed by atoms with van der Waals surface area (Å²) in [5, 5.41) is 3.04. The zero-order valence-corrected chi connectivity index (χ0v) is 14.4. The molecule has 1 amide bonds. The molecular formula is C19H17N3O2S. The number of rotatable bonds is 6. The molecule has 0 bridgehead atoms. The van der Waals surface area contributed by atoms with Gasteiger partial charge in [0.15, 0.2) is 5.16 Å². The average molecular weight is 351 g/mol. The van der Waals surface area contributed by atoms with E-state index in [0.29, 0.717) is 10.8 Å². The molecule has 0 aliphatic rings. The molecule has 1 N–H and O–H groups in total. The lowest BCUT2D eigenvalue weighted by Gasteiger charge is -2.16. The van der Waals surface area contributed by atoms with Gasteiger partial charge in [0.1, 0.15) is 11.0 Å². The summed E-state index contributed by atoms with van der Waals surface area (Å²) in [6.45, 7) is 0. The SMILES string of the molecule is COc1ccc(NC(=O)C(Sc2ncccn2)c2ccccc2)cc1. The van der Waals surface area contributed by atoms with Crippen molar-refractivity contribution in [1.29, 1.82) is 0 Å². The molecule has 0 aliphatic carbocycles. The number of methoxy groups -OCH3 is 1. The highest BCUT2D eigenvalue weighted by Gasteiger charge is 2.23. The van der Waals surface area contributed by atoms with Gasteiger partial charge in [-0.2, -0.15) is 0 Å². The van der Waals surface area contributed by atoms with Crippen LogP contribution in [0.5, 0.6) is 5.75 Å². The fraction of sp³-hybridized carbons (Fsp3) is 0.105. The third-order valence-corrected chi connectivity index (χ3v) is 4.61. The van der Waals surface area contributed by atoms with Gasteiger partial charge in [0.05, 0.1) is 7.11 Å². The maximum atomic E-state index is 12.9. The molecule has 1 aromatic heterocycles. The van der Waals surface area contributed by atoms with E-state index >= 15 is 0 Å². The van der Waals surface area contributed by atoms with E-state index in [0.717, 1.165) is 11.3 Å². The number of hydrogen-bond donors (Lipinski definition) is 1. The van der Waals surface area contributed by atoms with Crippen LogP contribution in [-0.2, 0) is 4.79 Å². The Kier molecular flexibility index (Phi) is 5.64. The molecular weight excluding hydrogens is 334 g/mol. The topological polar surface area (TPSA) is 64.1 Å². The van der Waals surface area contributed by atoms with Crippen molar-refractivity contribution in [3.05, 3.63) is 78.6 Å². The van der Waals surface area contributed by atoms with Crippen molar-refractivity contribution >= 4 is 23.4 Å². The lowest BCUT2D eigenvalue weighted by Crippen LogP contribution is -2.19. The van der Waals surface area contributed by atoms with Gasteiger partial charge in [-0.05, 0) is 35.9 Å². The predicted molar refractivity (Wildman–Crippen MR) is 98.7 cm³/mol. The van der Waals surface area contributed by atoms with Crippen LogP contribution in [0.25, 0.3) is 0 Å². The molecule has 3 rings (SSSR count). The molecule has 1 heterocycles. The number of nitrogens with zero attached hydrogens (tertiary/aromatic N) is 2. The van der Waals surface area contributed by atoms with E-state index in [-0.39, 0.29) is 5.91 Å². The van der Waals surface area contributed by atoms with E-state index in [1.807, 2.05) is 42.5 Å². The Hall–Kier alpha value is -2.86. The Bertz CT molecular complexity index is 811. The Morgan fingerprint density at radius 1 is 1.00 bits per heavy atom. The Morgan fingerprint density at radius 2 is 1.68 bits per heavy atom. The van der Waals surface area contributed by atoms with Gasteiger partial charge in [0, 0.05) is 18.1 Å². The first-order valence-corrected chi connectivity index (χ1v) is 8.58. The molecule has 0 fully saturated rings. The third-order valence-electron chi connectivity index (χ3n) is 3.46. The number of amides is 1. The van der Waals surface area contributed by atoms with Crippen molar-refractivity contribution < 1.29 is 9.53 Å². The maximum Gasteiger partial charge on any atom is 0.242 e. The van der Waals surface area contributed by atoms with Crippen LogP contribution in [-0.4, -0.2) is 23.0 Å². The van der Waals surface area contributed by atoms with Crippen LogP contribution in [0.2, 0.25) is 0 Å². The Morgan fingerprint density at radius 3 is 2.32 bits per heavy atom. The number of carbonyl (C=O) groups excluding carboxylic acids is 1. The monoisotopic (exact) mass is 351 g/mol. The maximum absolute atomic E-state index is 12.9. The molecule has 0 radical (unpaired) electrons. The summed E-state index contributed by atoms with van der Waals surface area (Å²) < 4.78 is 5.14. The Labute approximate surface area is 150 Å². The molecule has 5 nitrogen and oxygen atoms in total. The van der Waals surface area contributed by atoms with Crippen LogP contribution in [0.15, 0.2) is 78.2 Å². The average Bonchev–Trinajstić information content (AvgIpc) is 2.68. The van der Waals surface area contributed by atoms with E-state index < -0.39 is 5.25 Å². The van der Waals surface area contributed by atoms with Crippen molar-refractivity contribution in [3.63, 3.8) is 0 Å². The number of anilines is 1. The number of benzene rings is 2. The van der Waals surface area contributed by atoms with Gasteiger partial charge in [0.25, 0.3) is 0 Å². The molecule has 1 atom stereocenters. The van der Waals surface area contributed by atoms with Crippen LogP contribution >= 0.6 is 11.8 Å². The summed E-state index contributed by atoms with van der Waals surface area (Å²) in [5.41, 5.74) is 1.60. The van der Waals surface area contributed by atoms with E-state index in [2.05, 4.69) is 15.3 Å². The minimum Gasteiger partial charge on any atom is -0.497 e. The number of thioether (sulfide) groups is 1. The minimum atomic E-state index is -0.453. The van der Waals surface area contributed by atoms with Crippen LogP contribution in [0.3, 0.4) is 0 Å². The van der Waals surface area contributed by atoms with Crippen molar-refractivity contribution in [2.75, 3.05) is 12.4 Å². The minimum absolute atomic E-state index is 0.131. The van der Waals surface area contributed by atoms with Gasteiger partial charge in [-0.3, -0.25) is 4.79 Å². The van der Waals surface area contributed by atoms with Crippen LogP contribution in [0, 0.1) is 0 Å². The lowest BCUT2D eigenvalue weighted by atomic mass is 10.1. The third kappa shape index (κ3) is 4.58. The van der Waals surface area contributed by atoms with E-state index in [1.165, 1.54) is 11.8 Å². The Balaban J connectivity index is 1.81. The fourth-order valence-electron chi connectivity index (χ4n) is 2.23. The van der Waals surface area contributed by atoms with Crippen molar-refractivity contribution in [1.82, 2.24) is 9.97 Å². The van der Waals surface area contributed by atoms with E-state index in [1.54, 1.807) is 37.7 Å². The van der Waals surface area contributed by atoms with Gasteiger partial charge < -0.3 is 10.1 Å². The van der Waals surface area contributed by atoms with Crippen LogP contribution in [0.1, 0.15) is 10.8 Å². The number of nitrogens with one attached hydrogen (secondary N) is 1. The first kappa shape index (κ1) is 17.0. The second-order valence-corrected chi connectivity index (χ2v) is 6.23. The normalized spacial score (nSPS) is 11.6. The van der Waals surface area contributed by atoms with Crippen LogP contribution in [0.4, 0.5) is 5.69 Å². The van der Waals surface area contributed by atoms with Gasteiger partial charge in [-0.1, -0.05) is 42.1 Å². The van der Waals surface area contributed by atoms with Gasteiger partial charge >= 0.3 is 0 Å². The predicted octanol–water partition coefficient (Wildman–Crippen LogP) is 3.96. The lowest BCUT2D eigenvalue weighted by molar-refractivity contribution is -0.115. The molecule has 3 aromatic rings. The van der Waals surface area contributed by atoms with Crippen molar-refractivity contribution in [2.24, 2.45) is 0 Å². The first-order valence-electron chi connectivity index (χ1n) is 7.70. The highest BCUT2D eigenvalue weighted by molar-refractivity contribution is 8.00. The molecule has 2 aromatic carbocycles. The molecule has 1 unspecified atom stereocenters. The number of aromatic nitrogens is 2. The fourth-order valence-corrected chi connectivity index (χ4v) is 3.15. The van der Waals surface area contributed by atoms with Gasteiger partial charge in [-0.15, -0.1) is 0 Å². The second-order valence-electron chi connectivity index (χ2n) is 5.16. The number of ether oxygens (including phenoxy) is 1. The number of carbonyl (C=O) groups is 1. The quantitative estimate of drug-likeness (QED) is 0.538. The highest BCUT2D eigenvalue weighted by atomic mass is 32.2. The smallest absolute Gasteiger partial charge is 0.242 e. The molecule has 126 valence electrons. The molecule has 0 saturated carbocycles. The summed E-state index contributed by atoms with van der Waals surface area (Å²) >= 11 is 1.32. The van der Waals surface area contributed by atoms with Crippen LogP contribution < -0.4 is 10.1 Å². The summed E-state index contributed by atoms with van der Waals surface area (Å²) in [6.07, 6.45) is 3.33. The molecule has 25 heavy (non-hydrogen) atoms. The molecule has 6 heteroatoms. The highest BCUT2D eigenvalue weighted by Crippen LogP contribution is 2.34. The summed E-state index contributed by atoms with van der Waals surface area (Å²) in [4.78, 5) is 21.3. The van der Waals surface area contributed by atoms with Gasteiger partial charge in [0.2, 0.25) is 5.91 Å². The summed E-state index contributed by atoms with van der Waals surface area (Å²) in [5.74, 6) is 0.610. The van der Waals surface area contributed by atoms with Crippen molar-refractivity contribution in [3.8, 4) is 5.75 Å².